The Balaban J connectivity index is 2.37. The first-order valence-corrected chi connectivity index (χ1v) is 7.12. The molecule has 2 unspecified atom stereocenters. The highest BCUT2D eigenvalue weighted by atomic mass is 32.2. The largest absolute Gasteiger partial charge is 0.351 e. The molecule has 1 heterocycles. The van der Waals surface area contributed by atoms with Crippen molar-refractivity contribution in [3.05, 3.63) is 12.7 Å². The molecule has 1 rings (SSSR count). The Morgan fingerprint density at radius 3 is 2.81 bits per heavy atom. The van der Waals surface area contributed by atoms with Gasteiger partial charge in [-0.1, -0.05) is 6.08 Å². The minimum absolute atomic E-state index is 0.102. The zero-order valence-corrected chi connectivity index (χ0v) is 10.2. The molecule has 0 bridgehead atoms. The van der Waals surface area contributed by atoms with Gasteiger partial charge in [0.2, 0.25) is 5.91 Å². The van der Waals surface area contributed by atoms with E-state index < -0.39 is 9.84 Å². The van der Waals surface area contributed by atoms with E-state index in [-0.39, 0.29) is 29.5 Å². The smallest absolute Gasteiger partial charge is 0.237 e. The fourth-order valence-electron chi connectivity index (χ4n) is 1.68. The molecule has 0 aliphatic carbocycles. The summed E-state index contributed by atoms with van der Waals surface area (Å²) in [6, 6.07) is -0.479. The number of carbonyl (C=O) groups is 1. The number of carbonyl (C=O) groups excluding carboxylic acids is 1. The van der Waals surface area contributed by atoms with Gasteiger partial charge in [-0.05, 0) is 13.3 Å². The maximum absolute atomic E-state index is 11.5. The molecule has 2 atom stereocenters. The highest BCUT2D eigenvalue weighted by Crippen LogP contribution is 2.11. The van der Waals surface area contributed by atoms with E-state index in [1.54, 1.807) is 13.0 Å². The number of hydrogen-bond acceptors (Lipinski definition) is 4. The van der Waals surface area contributed by atoms with Crippen LogP contribution in [0.3, 0.4) is 0 Å². The van der Waals surface area contributed by atoms with Crippen LogP contribution in [0.5, 0.6) is 0 Å². The van der Waals surface area contributed by atoms with Gasteiger partial charge in [0.15, 0.2) is 9.84 Å². The van der Waals surface area contributed by atoms with Gasteiger partial charge in [-0.2, -0.15) is 0 Å². The fraction of sp³-hybridized carbons (Fsp3) is 0.700. The Kier molecular flexibility index (Phi) is 4.49. The second-order valence-corrected chi connectivity index (χ2v) is 6.25. The third kappa shape index (κ3) is 3.94. The molecule has 0 radical (unpaired) electrons. The van der Waals surface area contributed by atoms with Crippen LogP contribution in [0.1, 0.15) is 13.3 Å². The molecule has 1 saturated heterocycles. The summed E-state index contributed by atoms with van der Waals surface area (Å²) in [7, 11) is -2.89. The van der Waals surface area contributed by atoms with Gasteiger partial charge in [-0.25, -0.2) is 8.42 Å². The third-order valence-corrected chi connectivity index (χ3v) is 4.30. The summed E-state index contributed by atoms with van der Waals surface area (Å²) in [4.78, 5) is 11.5. The summed E-state index contributed by atoms with van der Waals surface area (Å²) >= 11 is 0. The number of sulfone groups is 1. The van der Waals surface area contributed by atoms with Gasteiger partial charge in [0, 0.05) is 12.6 Å². The molecule has 5 nitrogen and oxygen atoms in total. The van der Waals surface area contributed by atoms with Gasteiger partial charge in [0.05, 0.1) is 17.5 Å². The Morgan fingerprint density at radius 2 is 2.31 bits per heavy atom. The van der Waals surface area contributed by atoms with Crippen molar-refractivity contribution in [3.63, 3.8) is 0 Å². The Labute approximate surface area is 96.2 Å². The topological polar surface area (TPSA) is 75.3 Å². The van der Waals surface area contributed by atoms with Crippen LogP contribution in [0.15, 0.2) is 12.7 Å². The predicted molar refractivity (Wildman–Crippen MR) is 62.9 cm³/mol. The first-order chi connectivity index (χ1) is 7.44. The van der Waals surface area contributed by atoms with Gasteiger partial charge in [-0.15, -0.1) is 6.58 Å². The number of nitrogens with one attached hydrogen (secondary N) is 2. The van der Waals surface area contributed by atoms with Crippen molar-refractivity contribution in [2.24, 2.45) is 0 Å². The van der Waals surface area contributed by atoms with E-state index in [1.807, 2.05) is 0 Å². The molecule has 0 saturated carbocycles. The van der Waals surface area contributed by atoms with Crippen LogP contribution in [0.25, 0.3) is 0 Å². The van der Waals surface area contributed by atoms with Gasteiger partial charge >= 0.3 is 0 Å². The number of amides is 1. The molecule has 0 aromatic carbocycles. The Bertz CT molecular complexity index is 364. The summed E-state index contributed by atoms with van der Waals surface area (Å²) in [5, 5.41) is 5.68. The van der Waals surface area contributed by atoms with Gasteiger partial charge in [0.25, 0.3) is 0 Å². The van der Waals surface area contributed by atoms with E-state index in [2.05, 4.69) is 17.2 Å². The summed E-state index contributed by atoms with van der Waals surface area (Å²) in [6.45, 7) is 5.65. The first-order valence-electron chi connectivity index (χ1n) is 5.29. The normalized spacial score (nSPS) is 24.9. The molecular weight excluding hydrogens is 228 g/mol. The lowest BCUT2D eigenvalue weighted by molar-refractivity contribution is -0.122. The van der Waals surface area contributed by atoms with Gasteiger partial charge in [-0.3, -0.25) is 4.79 Å². The lowest BCUT2D eigenvalue weighted by atomic mass is 10.2. The van der Waals surface area contributed by atoms with Gasteiger partial charge in [0.1, 0.15) is 0 Å². The van der Waals surface area contributed by atoms with E-state index in [0.717, 1.165) is 0 Å². The molecule has 6 heteroatoms. The monoisotopic (exact) mass is 246 g/mol. The lowest BCUT2D eigenvalue weighted by Crippen LogP contribution is -2.47. The maximum atomic E-state index is 11.5. The molecule has 1 fully saturated rings. The van der Waals surface area contributed by atoms with E-state index in [1.165, 1.54) is 0 Å². The third-order valence-electron chi connectivity index (χ3n) is 2.53. The Morgan fingerprint density at radius 1 is 1.62 bits per heavy atom. The Hall–Kier alpha value is -0.880. The second kappa shape index (κ2) is 5.45. The van der Waals surface area contributed by atoms with E-state index in [0.29, 0.717) is 13.0 Å². The molecule has 92 valence electrons. The maximum Gasteiger partial charge on any atom is 0.237 e. The average molecular weight is 246 g/mol. The molecule has 0 spiro atoms. The standard InChI is InChI=1S/C10H18N2O3S/c1-3-5-11-10(13)8(2)12-9-4-6-16(14,15)7-9/h3,8-9,12H,1,4-7H2,2H3,(H,11,13). The summed E-state index contributed by atoms with van der Waals surface area (Å²) in [5.41, 5.74) is 0. The SMILES string of the molecule is C=CCNC(=O)C(C)NC1CCS(=O)(=O)C1. The van der Waals surface area contributed by atoms with Crippen molar-refractivity contribution < 1.29 is 13.2 Å². The van der Waals surface area contributed by atoms with Crippen LogP contribution >= 0.6 is 0 Å². The number of rotatable bonds is 5. The van der Waals surface area contributed by atoms with Crippen molar-refractivity contribution in [1.82, 2.24) is 10.6 Å². The molecule has 1 amide bonds. The van der Waals surface area contributed by atoms with E-state index >= 15 is 0 Å². The minimum atomic E-state index is -2.89. The summed E-state index contributed by atoms with van der Waals surface area (Å²) in [5.74, 6) is 0.210. The van der Waals surface area contributed by atoms with Crippen LogP contribution in [0.2, 0.25) is 0 Å². The molecule has 16 heavy (non-hydrogen) atoms. The van der Waals surface area contributed by atoms with Gasteiger partial charge < -0.3 is 10.6 Å². The molecule has 2 N–H and O–H groups in total. The minimum Gasteiger partial charge on any atom is -0.351 e. The van der Waals surface area contributed by atoms with E-state index in [9.17, 15) is 13.2 Å². The van der Waals surface area contributed by atoms with Crippen molar-refractivity contribution in [2.45, 2.75) is 25.4 Å². The molecule has 1 aliphatic heterocycles. The average Bonchev–Trinajstić information content (AvgIpc) is 2.54. The highest BCUT2D eigenvalue weighted by molar-refractivity contribution is 7.91. The zero-order chi connectivity index (χ0) is 12.2. The fourth-order valence-corrected chi connectivity index (χ4v) is 3.37. The van der Waals surface area contributed by atoms with Crippen LogP contribution in [-0.4, -0.2) is 44.5 Å². The van der Waals surface area contributed by atoms with Crippen LogP contribution in [0, 0.1) is 0 Å². The summed E-state index contributed by atoms with van der Waals surface area (Å²) < 4.78 is 22.4. The van der Waals surface area contributed by atoms with Crippen molar-refractivity contribution in [3.8, 4) is 0 Å². The molecule has 0 aromatic rings. The second-order valence-electron chi connectivity index (χ2n) is 4.02. The number of hydrogen-bond donors (Lipinski definition) is 2. The predicted octanol–water partition coefficient (Wildman–Crippen LogP) is -0.546. The van der Waals surface area contributed by atoms with E-state index in [4.69, 9.17) is 0 Å². The zero-order valence-electron chi connectivity index (χ0n) is 9.40. The molecular formula is C10H18N2O3S. The van der Waals surface area contributed by atoms with Crippen LogP contribution < -0.4 is 10.6 Å². The lowest BCUT2D eigenvalue weighted by Gasteiger charge is -2.17. The summed E-state index contributed by atoms with van der Waals surface area (Å²) in [6.07, 6.45) is 2.19. The van der Waals surface area contributed by atoms with Crippen molar-refractivity contribution in [1.29, 1.82) is 0 Å². The first kappa shape index (κ1) is 13.2. The quantitative estimate of drug-likeness (QED) is 0.639. The molecule has 1 aliphatic rings. The highest BCUT2D eigenvalue weighted by Gasteiger charge is 2.29. The molecule has 0 aromatic heterocycles. The van der Waals surface area contributed by atoms with Crippen LogP contribution in [0.4, 0.5) is 0 Å². The van der Waals surface area contributed by atoms with Crippen molar-refractivity contribution >= 4 is 15.7 Å². The van der Waals surface area contributed by atoms with Crippen LogP contribution in [-0.2, 0) is 14.6 Å². The van der Waals surface area contributed by atoms with Crippen molar-refractivity contribution in [2.75, 3.05) is 18.1 Å².